The summed E-state index contributed by atoms with van der Waals surface area (Å²) in [6, 6.07) is 0. The van der Waals surface area contributed by atoms with Crippen molar-refractivity contribution in [2.24, 2.45) is 0 Å². The van der Waals surface area contributed by atoms with E-state index in [1.807, 2.05) is 0 Å². The highest BCUT2D eigenvalue weighted by Crippen LogP contribution is 2.30. The molecule has 1 aromatic heterocycles. The lowest BCUT2D eigenvalue weighted by atomic mass is 9.87. The lowest BCUT2D eigenvalue weighted by Gasteiger charge is -2.20. The van der Waals surface area contributed by atoms with Crippen LogP contribution in [0.3, 0.4) is 0 Å². The molecule has 0 unspecified atom stereocenters. The molecular formula is C9H13ClN2. The normalized spacial score (nSPS) is 11.7. The Morgan fingerprint density at radius 1 is 1.33 bits per heavy atom. The summed E-state index contributed by atoms with van der Waals surface area (Å²) in [5.41, 5.74) is 7.43. The van der Waals surface area contributed by atoms with E-state index in [1.54, 1.807) is 12.4 Å². The van der Waals surface area contributed by atoms with Crippen molar-refractivity contribution in [1.29, 1.82) is 0 Å². The number of aromatic nitrogens is 1. The van der Waals surface area contributed by atoms with Crippen LogP contribution in [0, 0.1) is 0 Å². The monoisotopic (exact) mass is 184 g/mol. The van der Waals surface area contributed by atoms with E-state index in [0.29, 0.717) is 10.7 Å². The molecule has 2 N–H and O–H groups in total. The highest BCUT2D eigenvalue weighted by atomic mass is 35.5. The summed E-state index contributed by atoms with van der Waals surface area (Å²) >= 11 is 5.83. The van der Waals surface area contributed by atoms with Gasteiger partial charge in [0.05, 0.1) is 10.7 Å². The largest absolute Gasteiger partial charge is 0.397 e. The molecule has 1 heterocycles. The molecule has 12 heavy (non-hydrogen) atoms. The maximum Gasteiger partial charge on any atom is 0.0821 e. The molecule has 0 aliphatic heterocycles. The molecule has 0 aliphatic carbocycles. The van der Waals surface area contributed by atoms with E-state index in [2.05, 4.69) is 25.8 Å². The molecule has 0 saturated carbocycles. The van der Waals surface area contributed by atoms with Crippen LogP contribution in [0.1, 0.15) is 26.3 Å². The van der Waals surface area contributed by atoms with Crippen molar-refractivity contribution in [3.8, 4) is 0 Å². The Hall–Kier alpha value is -0.760. The zero-order valence-electron chi connectivity index (χ0n) is 7.56. The quantitative estimate of drug-likeness (QED) is 0.673. The number of rotatable bonds is 0. The minimum Gasteiger partial charge on any atom is -0.397 e. The highest BCUT2D eigenvalue weighted by Gasteiger charge is 2.18. The molecule has 0 fully saturated rings. The van der Waals surface area contributed by atoms with Crippen molar-refractivity contribution < 1.29 is 0 Å². The first kappa shape index (κ1) is 9.33. The first-order valence-electron chi connectivity index (χ1n) is 3.82. The second kappa shape index (κ2) is 2.94. The number of anilines is 1. The summed E-state index contributed by atoms with van der Waals surface area (Å²) in [4.78, 5) is 4.00. The molecule has 0 aliphatic rings. The molecule has 1 aromatic rings. The molecular weight excluding hydrogens is 172 g/mol. The van der Waals surface area contributed by atoms with Crippen molar-refractivity contribution in [3.63, 3.8) is 0 Å². The van der Waals surface area contributed by atoms with Crippen molar-refractivity contribution in [3.05, 3.63) is 23.0 Å². The topological polar surface area (TPSA) is 38.9 Å². The molecule has 3 heteroatoms. The van der Waals surface area contributed by atoms with Crippen LogP contribution in [0.25, 0.3) is 0 Å². The average molecular weight is 185 g/mol. The van der Waals surface area contributed by atoms with Gasteiger partial charge in [0.25, 0.3) is 0 Å². The molecule has 2 nitrogen and oxygen atoms in total. The molecule has 1 rings (SSSR count). The number of hydrogen-bond donors (Lipinski definition) is 1. The molecule has 0 amide bonds. The van der Waals surface area contributed by atoms with E-state index in [1.165, 1.54) is 0 Å². The van der Waals surface area contributed by atoms with Gasteiger partial charge in [-0.05, 0) is 5.41 Å². The number of halogens is 1. The van der Waals surface area contributed by atoms with Crippen LogP contribution in [0.5, 0.6) is 0 Å². The molecule has 0 aromatic carbocycles. The lowest BCUT2D eigenvalue weighted by molar-refractivity contribution is 0.590. The zero-order chi connectivity index (χ0) is 9.35. The van der Waals surface area contributed by atoms with Gasteiger partial charge in [-0.15, -0.1) is 0 Å². The predicted molar refractivity (Wildman–Crippen MR) is 52.4 cm³/mol. The molecule has 0 saturated heterocycles. The first-order chi connectivity index (χ1) is 5.43. The van der Waals surface area contributed by atoms with Crippen molar-refractivity contribution in [2.75, 3.05) is 5.73 Å². The molecule has 66 valence electrons. The minimum atomic E-state index is 0.00197. The number of nitrogen functional groups attached to an aromatic ring is 1. The molecule has 0 bridgehead atoms. The van der Waals surface area contributed by atoms with Gasteiger partial charge in [0.2, 0.25) is 0 Å². The first-order valence-corrected chi connectivity index (χ1v) is 4.20. The molecule has 0 spiro atoms. The Bertz CT molecular complexity index is 289. The summed E-state index contributed by atoms with van der Waals surface area (Å²) < 4.78 is 0. The third-order valence-corrected chi connectivity index (χ3v) is 2.05. The SMILES string of the molecule is CC(C)(C)c1cncc(Cl)c1N. The molecule has 0 radical (unpaired) electrons. The van der Waals surface area contributed by atoms with Crippen LogP contribution in [0.4, 0.5) is 5.69 Å². The van der Waals surface area contributed by atoms with Gasteiger partial charge >= 0.3 is 0 Å². The van der Waals surface area contributed by atoms with E-state index in [9.17, 15) is 0 Å². The third kappa shape index (κ3) is 1.69. The zero-order valence-corrected chi connectivity index (χ0v) is 8.31. The number of nitrogens with zero attached hydrogens (tertiary/aromatic N) is 1. The van der Waals surface area contributed by atoms with E-state index < -0.39 is 0 Å². The van der Waals surface area contributed by atoms with Crippen LogP contribution >= 0.6 is 11.6 Å². The van der Waals surface area contributed by atoms with Gasteiger partial charge in [-0.3, -0.25) is 4.98 Å². The van der Waals surface area contributed by atoms with Crippen molar-refractivity contribution in [2.45, 2.75) is 26.2 Å². The summed E-state index contributed by atoms with van der Waals surface area (Å²) in [6.07, 6.45) is 3.33. The van der Waals surface area contributed by atoms with E-state index in [0.717, 1.165) is 5.56 Å². The Morgan fingerprint density at radius 3 is 2.33 bits per heavy atom. The maximum atomic E-state index is 5.83. The second-order valence-electron chi connectivity index (χ2n) is 3.83. The summed E-state index contributed by atoms with van der Waals surface area (Å²) in [5, 5.41) is 0.530. The van der Waals surface area contributed by atoms with Crippen LogP contribution in [-0.2, 0) is 5.41 Å². The Morgan fingerprint density at radius 2 is 1.92 bits per heavy atom. The predicted octanol–water partition coefficient (Wildman–Crippen LogP) is 2.61. The van der Waals surface area contributed by atoms with Crippen LogP contribution in [0.2, 0.25) is 5.02 Å². The number of hydrogen-bond acceptors (Lipinski definition) is 2. The summed E-state index contributed by atoms with van der Waals surface area (Å²) in [7, 11) is 0. The Kier molecular flexibility index (Phi) is 2.29. The Balaban J connectivity index is 3.26. The van der Waals surface area contributed by atoms with Gasteiger partial charge in [-0.25, -0.2) is 0 Å². The van der Waals surface area contributed by atoms with Gasteiger partial charge in [-0.1, -0.05) is 32.4 Å². The van der Waals surface area contributed by atoms with E-state index in [-0.39, 0.29) is 5.41 Å². The van der Waals surface area contributed by atoms with Gasteiger partial charge in [-0.2, -0.15) is 0 Å². The van der Waals surface area contributed by atoms with Crippen LogP contribution in [-0.4, -0.2) is 4.98 Å². The van der Waals surface area contributed by atoms with Gasteiger partial charge in [0.15, 0.2) is 0 Å². The van der Waals surface area contributed by atoms with Gasteiger partial charge in [0, 0.05) is 18.0 Å². The molecule has 0 atom stereocenters. The summed E-state index contributed by atoms with van der Waals surface area (Å²) in [5.74, 6) is 0. The number of pyridine rings is 1. The van der Waals surface area contributed by atoms with Crippen molar-refractivity contribution in [1.82, 2.24) is 4.98 Å². The number of nitrogens with two attached hydrogens (primary N) is 1. The third-order valence-electron chi connectivity index (χ3n) is 1.75. The van der Waals surface area contributed by atoms with Crippen LogP contribution in [0.15, 0.2) is 12.4 Å². The minimum absolute atomic E-state index is 0.00197. The Labute approximate surface area is 77.8 Å². The summed E-state index contributed by atoms with van der Waals surface area (Å²) in [6.45, 7) is 6.24. The van der Waals surface area contributed by atoms with Crippen LogP contribution < -0.4 is 5.73 Å². The smallest absolute Gasteiger partial charge is 0.0821 e. The lowest BCUT2D eigenvalue weighted by Crippen LogP contribution is -2.14. The van der Waals surface area contributed by atoms with E-state index in [4.69, 9.17) is 17.3 Å². The average Bonchev–Trinajstić information content (AvgIpc) is 1.92. The van der Waals surface area contributed by atoms with Gasteiger partial charge in [0.1, 0.15) is 0 Å². The van der Waals surface area contributed by atoms with Crippen molar-refractivity contribution >= 4 is 17.3 Å². The fraction of sp³-hybridized carbons (Fsp3) is 0.444. The standard InChI is InChI=1S/C9H13ClN2/c1-9(2,3)6-4-12-5-7(10)8(6)11/h4-5H,1-3H3,(H2,11,12). The fourth-order valence-electron chi connectivity index (χ4n) is 1.04. The van der Waals surface area contributed by atoms with Gasteiger partial charge < -0.3 is 5.73 Å². The fourth-order valence-corrected chi connectivity index (χ4v) is 1.20. The van der Waals surface area contributed by atoms with E-state index >= 15 is 0 Å². The maximum absolute atomic E-state index is 5.83. The highest BCUT2D eigenvalue weighted by molar-refractivity contribution is 6.33. The second-order valence-corrected chi connectivity index (χ2v) is 4.24.